The van der Waals surface area contributed by atoms with Crippen molar-refractivity contribution < 1.29 is 9.47 Å². The van der Waals surface area contributed by atoms with Crippen LogP contribution in [0.1, 0.15) is 12.0 Å². The van der Waals surface area contributed by atoms with E-state index >= 15 is 0 Å². The summed E-state index contributed by atoms with van der Waals surface area (Å²) in [5.74, 6) is 3.20. The van der Waals surface area contributed by atoms with Crippen molar-refractivity contribution in [3.63, 3.8) is 0 Å². The fourth-order valence-corrected chi connectivity index (χ4v) is 3.48. The van der Waals surface area contributed by atoms with Gasteiger partial charge in [-0.25, -0.2) is 0 Å². The van der Waals surface area contributed by atoms with Crippen LogP contribution < -0.4 is 25.0 Å². The Balaban J connectivity index is 0.00000320. The Morgan fingerprint density at radius 3 is 2.67 bits per heavy atom. The van der Waals surface area contributed by atoms with Crippen LogP contribution >= 0.6 is 24.0 Å². The van der Waals surface area contributed by atoms with Gasteiger partial charge in [0.05, 0.1) is 13.7 Å². The minimum absolute atomic E-state index is 0. The quantitative estimate of drug-likeness (QED) is 0.239. The lowest BCUT2D eigenvalue weighted by molar-refractivity contribution is 0.321. The zero-order chi connectivity index (χ0) is 20.5. The summed E-state index contributed by atoms with van der Waals surface area (Å²) in [6, 6.07) is 16.4. The van der Waals surface area contributed by atoms with Crippen molar-refractivity contribution in [1.82, 2.24) is 10.6 Å². The molecule has 1 saturated heterocycles. The van der Waals surface area contributed by atoms with E-state index in [1.807, 2.05) is 24.3 Å². The zero-order valence-electron chi connectivity index (χ0n) is 18.1. The van der Waals surface area contributed by atoms with E-state index in [2.05, 4.69) is 51.7 Å². The molecule has 1 atom stereocenters. The summed E-state index contributed by atoms with van der Waals surface area (Å²) in [5.41, 5.74) is 2.46. The summed E-state index contributed by atoms with van der Waals surface area (Å²) in [7, 11) is 3.51. The molecule has 1 aliphatic rings. The predicted molar refractivity (Wildman–Crippen MR) is 135 cm³/mol. The van der Waals surface area contributed by atoms with Crippen LogP contribution in [0.5, 0.6) is 11.5 Å². The molecule has 6 nitrogen and oxygen atoms in total. The van der Waals surface area contributed by atoms with Gasteiger partial charge in [-0.3, -0.25) is 4.99 Å². The highest BCUT2D eigenvalue weighted by Gasteiger charge is 2.23. The van der Waals surface area contributed by atoms with Crippen LogP contribution in [0, 0.1) is 12.8 Å². The first-order chi connectivity index (χ1) is 14.2. The average molecular weight is 524 g/mol. The minimum atomic E-state index is 0. The third-order valence-electron chi connectivity index (χ3n) is 5.17. The van der Waals surface area contributed by atoms with Crippen LogP contribution in [0.25, 0.3) is 0 Å². The van der Waals surface area contributed by atoms with Crippen LogP contribution in [-0.4, -0.2) is 52.9 Å². The number of rotatable bonds is 8. The smallest absolute Gasteiger partial charge is 0.191 e. The zero-order valence-corrected chi connectivity index (χ0v) is 20.4. The standard InChI is InChI=1S/C23H32N4O2.HI/c1-18-7-9-21(10-8-18)29-14-12-25-23(24-2)26-16-19-11-13-27(17-19)20-5-4-6-22(15-20)28-3;/h4-10,15,19H,11-14,16-17H2,1-3H3,(H2,24,25,26);1H. The van der Waals surface area contributed by atoms with Gasteiger partial charge in [0, 0.05) is 38.4 Å². The monoisotopic (exact) mass is 524 g/mol. The van der Waals surface area contributed by atoms with E-state index in [9.17, 15) is 0 Å². The lowest BCUT2D eigenvalue weighted by atomic mass is 10.1. The van der Waals surface area contributed by atoms with E-state index in [1.165, 1.54) is 11.3 Å². The molecule has 2 N–H and O–H groups in total. The third-order valence-corrected chi connectivity index (χ3v) is 5.17. The van der Waals surface area contributed by atoms with Gasteiger partial charge in [0.25, 0.3) is 0 Å². The van der Waals surface area contributed by atoms with Gasteiger partial charge >= 0.3 is 0 Å². The molecule has 0 aliphatic carbocycles. The Labute approximate surface area is 197 Å². The number of nitrogens with zero attached hydrogens (tertiary/aromatic N) is 2. The number of methoxy groups -OCH3 is 1. The first kappa shape index (κ1) is 24.1. The molecule has 0 bridgehead atoms. The lowest BCUT2D eigenvalue weighted by Crippen LogP contribution is -2.41. The Bertz CT molecular complexity index is 798. The number of aryl methyl sites for hydroxylation is 1. The molecule has 0 aromatic heterocycles. The predicted octanol–water partition coefficient (Wildman–Crippen LogP) is 3.69. The molecule has 0 radical (unpaired) electrons. The van der Waals surface area contributed by atoms with E-state index in [1.54, 1.807) is 14.2 Å². The number of halogens is 1. The van der Waals surface area contributed by atoms with Crippen molar-refractivity contribution in [2.75, 3.05) is 51.8 Å². The van der Waals surface area contributed by atoms with Gasteiger partial charge in [0.2, 0.25) is 0 Å². The van der Waals surface area contributed by atoms with Crippen molar-refractivity contribution in [3.05, 3.63) is 54.1 Å². The maximum absolute atomic E-state index is 5.75. The van der Waals surface area contributed by atoms with Crippen LogP contribution in [0.15, 0.2) is 53.5 Å². The minimum Gasteiger partial charge on any atom is -0.497 e. The summed E-state index contributed by atoms with van der Waals surface area (Å²) in [6.45, 7) is 6.37. The first-order valence-electron chi connectivity index (χ1n) is 10.2. The molecule has 2 aromatic carbocycles. The summed E-state index contributed by atoms with van der Waals surface area (Å²) >= 11 is 0. The molecule has 1 aliphatic heterocycles. The number of nitrogens with one attached hydrogen (secondary N) is 2. The number of hydrogen-bond acceptors (Lipinski definition) is 4. The molecule has 0 spiro atoms. The third kappa shape index (κ3) is 7.27. The maximum atomic E-state index is 5.75. The SMILES string of the molecule is CN=C(NCCOc1ccc(C)cc1)NCC1CCN(c2cccc(OC)c2)C1.I. The summed E-state index contributed by atoms with van der Waals surface area (Å²) in [6.07, 6.45) is 1.16. The van der Waals surface area contributed by atoms with E-state index < -0.39 is 0 Å². The van der Waals surface area contributed by atoms with Crippen molar-refractivity contribution >= 4 is 35.6 Å². The van der Waals surface area contributed by atoms with Gasteiger partial charge in [0.1, 0.15) is 18.1 Å². The largest absolute Gasteiger partial charge is 0.497 e. The van der Waals surface area contributed by atoms with E-state index in [-0.39, 0.29) is 24.0 Å². The highest BCUT2D eigenvalue weighted by Crippen LogP contribution is 2.26. The lowest BCUT2D eigenvalue weighted by Gasteiger charge is -2.20. The van der Waals surface area contributed by atoms with Gasteiger partial charge in [0.15, 0.2) is 5.96 Å². The van der Waals surface area contributed by atoms with Crippen molar-refractivity contribution in [1.29, 1.82) is 0 Å². The van der Waals surface area contributed by atoms with Crippen molar-refractivity contribution in [3.8, 4) is 11.5 Å². The number of benzene rings is 2. The number of guanidine groups is 1. The molecule has 0 saturated carbocycles. The molecular formula is C23H33IN4O2. The molecule has 1 heterocycles. The maximum Gasteiger partial charge on any atom is 0.191 e. The molecule has 164 valence electrons. The summed E-state index contributed by atoms with van der Waals surface area (Å²) < 4.78 is 11.1. The highest BCUT2D eigenvalue weighted by atomic mass is 127. The molecule has 0 amide bonds. The number of aliphatic imine (C=N–C) groups is 1. The van der Waals surface area contributed by atoms with Crippen LogP contribution in [-0.2, 0) is 0 Å². The fourth-order valence-electron chi connectivity index (χ4n) is 3.48. The number of hydrogen-bond donors (Lipinski definition) is 2. The second kappa shape index (κ2) is 12.5. The molecule has 2 aromatic rings. The normalized spacial score (nSPS) is 16.0. The molecule has 1 unspecified atom stereocenters. The average Bonchev–Trinajstić information content (AvgIpc) is 3.23. The highest BCUT2D eigenvalue weighted by molar-refractivity contribution is 14.0. The molecular weight excluding hydrogens is 491 g/mol. The van der Waals surface area contributed by atoms with Gasteiger partial charge in [-0.1, -0.05) is 23.8 Å². The Morgan fingerprint density at radius 2 is 1.93 bits per heavy atom. The van der Waals surface area contributed by atoms with Crippen LogP contribution in [0.3, 0.4) is 0 Å². The van der Waals surface area contributed by atoms with E-state index in [0.29, 0.717) is 19.1 Å². The van der Waals surface area contributed by atoms with Crippen molar-refractivity contribution in [2.24, 2.45) is 10.9 Å². The Kier molecular flexibility index (Phi) is 10.1. The van der Waals surface area contributed by atoms with Crippen LogP contribution in [0.2, 0.25) is 0 Å². The fraction of sp³-hybridized carbons (Fsp3) is 0.435. The Hall–Kier alpha value is -2.16. The first-order valence-corrected chi connectivity index (χ1v) is 10.2. The van der Waals surface area contributed by atoms with Gasteiger partial charge in [-0.2, -0.15) is 0 Å². The van der Waals surface area contributed by atoms with Gasteiger partial charge in [-0.15, -0.1) is 24.0 Å². The van der Waals surface area contributed by atoms with Gasteiger partial charge < -0.3 is 25.0 Å². The second-order valence-electron chi connectivity index (χ2n) is 7.34. The molecule has 30 heavy (non-hydrogen) atoms. The van der Waals surface area contributed by atoms with Crippen molar-refractivity contribution in [2.45, 2.75) is 13.3 Å². The number of anilines is 1. The Morgan fingerprint density at radius 1 is 1.13 bits per heavy atom. The molecule has 1 fully saturated rings. The second-order valence-corrected chi connectivity index (χ2v) is 7.34. The summed E-state index contributed by atoms with van der Waals surface area (Å²) in [5, 5.41) is 6.76. The van der Waals surface area contributed by atoms with Gasteiger partial charge in [-0.05, 0) is 43.5 Å². The molecule has 7 heteroatoms. The van der Waals surface area contributed by atoms with E-state index in [4.69, 9.17) is 9.47 Å². The summed E-state index contributed by atoms with van der Waals surface area (Å²) in [4.78, 5) is 6.73. The topological polar surface area (TPSA) is 58.1 Å². The van der Waals surface area contributed by atoms with Crippen LogP contribution in [0.4, 0.5) is 5.69 Å². The van der Waals surface area contributed by atoms with E-state index in [0.717, 1.165) is 43.5 Å². The molecule has 3 rings (SSSR count). The number of ether oxygens (including phenoxy) is 2.